The molecule has 1 amide bonds. The minimum atomic E-state index is -3.69. The molecule has 1 aromatic heterocycles. The van der Waals surface area contributed by atoms with Crippen molar-refractivity contribution in [3.05, 3.63) is 46.7 Å². The van der Waals surface area contributed by atoms with Crippen molar-refractivity contribution in [2.24, 2.45) is 0 Å². The molecule has 1 N–H and O–H groups in total. The molecule has 2 aromatic rings. The second-order valence-corrected chi connectivity index (χ2v) is 8.60. The van der Waals surface area contributed by atoms with Gasteiger partial charge in [0.15, 0.2) is 5.69 Å². The Morgan fingerprint density at radius 3 is 2.45 bits per heavy atom. The lowest BCUT2D eigenvalue weighted by Crippen LogP contribution is -2.18. The average Bonchev–Trinajstić information content (AvgIpc) is 2.68. The number of nitrogens with one attached hydrogen (secondary N) is 1. The third-order valence-corrected chi connectivity index (χ3v) is 5.77. The minimum absolute atomic E-state index is 0.0749. The fourth-order valence-corrected chi connectivity index (χ4v) is 3.63. The summed E-state index contributed by atoms with van der Waals surface area (Å²) in [4.78, 5) is 31.9. The van der Waals surface area contributed by atoms with E-state index >= 15 is 0 Å². The van der Waals surface area contributed by atoms with E-state index in [-0.39, 0.29) is 16.5 Å². The number of amides is 1. The summed E-state index contributed by atoms with van der Waals surface area (Å²) in [6.45, 7) is 4.06. The van der Waals surface area contributed by atoms with Gasteiger partial charge in [-0.3, -0.25) is 4.79 Å². The third kappa shape index (κ3) is 6.23. The van der Waals surface area contributed by atoms with Crippen molar-refractivity contribution < 1.29 is 22.7 Å². The molecule has 1 heterocycles. The van der Waals surface area contributed by atoms with E-state index in [0.717, 1.165) is 19.0 Å². The summed E-state index contributed by atoms with van der Waals surface area (Å²) in [6, 6.07) is 6.08. The molecule has 0 saturated carbocycles. The Hall–Kier alpha value is -2.52. The maximum atomic E-state index is 12.5. The number of aromatic nitrogens is 2. The van der Waals surface area contributed by atoms with Gasteiger partial charge in [-0.15, -0.1) is 0 Å². The molecule has 0 spiro atoms. The highest BCUT2D eigenvalue weighted by atomic mass is 35.5. The molecular weight excluding hydrogens is 418 g/mol. The van der Waals surface area contributed by atoms with Crippen LogP contribution in [0.5, 0.6) is 0 Å². The van der Waals surface area contributed by atoms with Crippen molar-refractivity contribution in [1.29, 1.82) is 0 Å². The van der Waals surface area contributed by atoms with E-state index in [0.29, 0.717) is 24.3 Å². The van der Waals surface area contributed by atoms with Crippen LogP contribution in [0.4, 0.5) is 5.69 Å². The van der Waals surface area contributed by atoms with Crippen LogP contribution in [0.25, 0.3) is 0 Å². The van der Waals surface area contributed by atoms with Crippen LogP contribution in [0.15, 0.2) is 35.6 Å². The molecule has 0 bridgehead atoms. The van der Waals surface area contributed by atoms with Crippen molar-refractivity contribution in [1.82, 2.24) is 9.97 Å². The van der Waals surface area contributed by atoms with E-state index in [1.54, 1.807) is 6.92 Å². The van der Waals surface area contributed by atoms with E-state index < -0.39 is 26.9 Å². The zero-order valence-electron chi connectivity index (χ0n) is 16.1. The molecular formula is C19H22ClN3O5S. The fourth-order valence-electron chi connectivity index (χ4n) is 2.29. The van der Waals surface area contributed by atoms with Crippen LogP contribution in [0, 0.1) is 0 Å². The largest absolute Gasteiger partial charge is 0.462 e. The van der Waals surface area contributed by atoms with E-state index in [1.165, 1.54) is 24.3 Å². The predicted molar refractivity (Wildman–Crippen MR) is 109 cm³/mol. The van der Waals surface area contributed by atoms with Crippen LogP contribution < -0.4 is 5.32 Å². The maximum Gasteiger partial charge on any atom is 0.338 e. The lowest BCUT2D eigenvalue weighted by molar-refractivity contribution is 0.0499. The quantitative estimate of drug-likeness (QED) is 0.361. The van der Waals surface area contributed by atoms with E-state index in [9.17, 15) is 18.0 Å². The molecule has 0 aliphatic heterocycles. The number of benzene rings is 1. The topological polar surface area (TPSA) is 115 Å². The van der Waals surface area contributed by atoms with Gasteiger partial charge in [0.05, 0.1) is 29.1 Å². The first-order valence-electron chi connectivity index (χ1n) is 9.12. The Morgan fingerprint density at radius 2 is 1.83 bits per heavy atom. The number of hydrogen-bond acceptors (Lipinski definition) is 7. The third-order valence-electron chi connectivity index (χ3n) is 3.80. The number of ether oxygens (including phenoxy) is 1. The summed E-state index contributed by atoms with van der Waals surface area (Å²) in [5, 5.41) is 2.05. The summed E-state index contributed by atoms with van der Waals surface area (Å²) in [7, 11) is -3.69. The first-order chi connectivity index (χ1) is 13.8. The van der Waals surface area contributed by atoms with Crippen molar-refractivity contribution in [3.8, 4) is 0 Å². The summed E-state index contributed by atoms with van der Waals surface area (Å²) < 4.78 is 29.4. The smallest absolute Gasteiger partial charge is 0.338 e. The number of carbonyl (C=O) groups is 2. The van der Waals surface area contributed by atoms with Crippen LogP contribution in [-0.4, -0.2) is 42.6 Å². The number of anilines is 1. The molecule has 2 rings (SSSR count). The second kappa shape index (κ2) is 10.3. The molecule has 0 atom stereocenters. The molecule has 0 aliphatic carbocycles. The van der Waals surface area contributed by atoms with Crippen LogP contribution in [0.3, 0.4) is 0 Å². The average molecular weight is 440 g/mol. The van der Waals surface area contributed by atoms with Gasteiger partial charge >= 0.3 is 5.97 Å². The Kier molecular flexibility index (Phi) is 8.10. The van der Waals surface area contributed by atoms with Gasteiger partial charge in [-0.25, -0.2) is 23.2 Å². The number of rotatable bonds is 9. The summed E-state index contributed by atoms with van der Waals surface area (Å²) in [5.74, 6) is -1.27. The highest BCUT2D eigenvalue weighted by molar-refractivity contribution is 7.91. The van der Waals surface area contributed by atoms with Crippen molar-refractivity contribution in [3.63, 3.8) is 0 Å². The summed E-state index contributed by atoms with van der Waals surface area (Å²) in [6.07, 6.45) is 3.19. The normalized spacial score (nSPS) is 11.1. The molecule has 1 aromatic carbocycles. The lowest BCUT2D eigenvalue weighted by Gasteiger charge is -2.09. The monoisotopic (exact) mass is 439 g/mol. The second-order valence-electron chi connectivity index (χ2n) is 6.19. The number of unbranched alkanes of at least 4 members (excludes halogenated alkanes) is 1. The number of sulfone groups is 1. The number of nitrogens with zero attached hydrogens (tertiary/aromatic N) is 2. The highest BCUT2D eigenvalue weighted by Gasteiger charge is 2.22. The van der Waals surface area contributed by atoms with E-state index in [1.807, 2.05) is 6.92 Å². The van der Waals surface area contributed by atoms with Gasteiger partial charge in [0.1, 0.15) is 0 Å². The van der Waals surface area contributed by atoms with Gasteiger partial charge in [-0.1, -0.05) is 31.9 Å². The van der Waals surface area contributed by atoms with E-state index in [2.05, 4.69) is 15.3 Å². The molecule has 0 fully saturated rings. The molecule has 8 nitrogen and oxygen atoms in total. The standard InChI is InChI=1S/C19H22ClN3O5S/c1-3-5-10-28-18(25)13-6-8-14(9-7-13)22-17(24)16-15(20)12-21-19(23-16)29(26,27)11-4-2/h6-9,12H,3-5,10-11H2,1-2H3,(H,22,24). The highest BCUT2D eigenvalue weighted by Crippen LogP contribution is 2.18. The van der Waals surface area contributed by atoms with Crippen molar-refractivity contribution in [2.45, 2.75) is 38.3 Å². The van der Waals surface area contributed by atoms with Crippen LogP contribution in [-0.2, 0) is 14.6 Å². The molecule has 156 valence electrons. The summed E-state index contributed by atoms with van der Waals surface area (Å²) in [5.41, 5.74) is 0.485. The van der Waals surface area contributed by atoms with Gasteiger partial charge in [0, 0.05) is 5.69 Å². The Morgan fingerprint density at radius 1 is 1.14 bits per heavy atom. The molecule has 0 saturated heterocycles. The Bertz CT molecular complexity index is 978. The van der Waals surface area contributed by atoms with Gasteiger partial charge in [0.2, 0.25) is 15.0 Å². The Balaban J connectivity index is 2.13. The van der Waals surface area contributed by atoms with Crippen molar-refractivity contribution >= 4 is 39.0 Å². The Labute approximate surface area is 174 Å². The van der Waals surface area contributed by atoms with Gasteiger partial charge in [-0.2, -0.15) is 0 Å². The molecule has 0 unspecified atom stereocenters. The zero-order valence-corrected chi connectivity index (χ0v) is 17.7. The van der Waals surface area contributed by atoms with Gasteiger partial charge in [0.25, 0.3) is 5.91 Å². The van der Waals surface area contributed by atoms with Gasteiger partial charge < -0.3 is 10.1 Å². The summed E-state index contributed by atoms with van der Waals surface area (Å²) >= 11 is 5.97. The maximum absolute atomic E-state index is 12.5. The molecule has 10 heteroatoms. The number of halogens is 1. The first-order valence-corrected chi connectivity index (χ1v) is 11.1. The van der Waals surface area contributed by atoms with Crippen molar-refractivity contribution in [2.75, 3.05) is 17.7 Å². The lowest BCUT2D eigenvalue weighted by atomic mass is 10.2. The van der Waals surface area contributed by atoms with Gasteiger partial charge in [-0.05, 0) is 37.1 Å². The number of hydrogen-bond donors (Lipinski definition) is 1. The predicted octanol–water partition coefficient (Wildman–Crippen LogP) is 3.52. The number of carbonyl (C=O) groups excluding carboxylic acids is 2. The molecule has 0 radical (unpaired) electrons. The minimum Gasteiger partial charge on any atom is -0.462 e. The number of esters is 1. The van der Waals surface area contributed by atoms with Crippen LogP contribution >= 0.6 is 11.6 Å². The first kappa shape index (κ1) is 22.8. The van der Waals surface area contributed by atoms with Crippen LogP contribution in [0.2, 0.25) is 5.02 Å². The van der Waals surface area contributed by atoms with Crippen LogP contribution in [0.1, 0.15) is 54.0 Å². The zero-order chi connectivity index (χ0) is 21.4. The fraction of sp³-hybridized carbons (Fsp3) is 0.368. The molecule has 0 aliphatic rings. The van der Waals surface area contributed by atoms with E-state index in [4.69, 9.17) is 16.3 Å². The SMILES string of the molecule is CCCCOC(=O)c1ccc(NC(=O)c2nc(S(=O)(=O)CCC)ncc2Cl)cc1. The molecule has 29 heavy (non-hydrogen) atoms.